The zero-order valence-electron chi connectivity index (χ0n) is 17.6. The number of fused-ring (bicyclic) bond motifs is 1. The van der Waals surface area contributed by atoms with Crippen LogP contribution >= 0.6 is 0 Å². The summed E-state index contributed by atoms with van der Waals surface area (Å²) in [6.07, 6.45) is 10.9. The van der Waals surface area contributed by atoms with Crippen LogP contribution in [-0.4, -0.2) is 13.9 Å². The van der Waals surface area contributed by atoms with Crippen molar-refractivity contribution in [2.45, 2.75) is 76.1 Å². The summed E-state index contributed by atoms with van der Waals surface area (Å²) in [6, 6.07) is 7.43. The van der Waals surface area contributed by atoms with E-state index < -0.39 is 27.2 Å². The number of hydrogen-bond acceptors (Lipinski definition) is 3. The Morgan fingerprint density at radius 1 is 1.00 bits per heavy atom. The van der Waals surface area contributed by atoms with Crippen molar-refractivity contribution in [3.05, 3.63) is 41.7 Å². The number of benzene rings is 2. The molecule has 8 heteroatoms. The van der Waals surface area contributed by atoms with Crippen molar-refractivity contribution in [2.24, 2.45) is 5.92 Å². The minimum atomic E-state index is -5.92. The highest BCUT2D eigenvalue weighted by Gasteiger charge is 2.49. The number of unbranched alkanes of at least 4 members (excludes halogenated alkanes) is 3. The maximum atomic E-state index is 14.6. The van der Waals surface area contributed by atoms with Gasteiger partial charge in [-0.2, -0.15) is 21.6 Å². The van der Waals surface area contributed by atoms with Crippen LogP contribution in [0, 0.1) is 11.7 Å². The van der Waals surface area contributed by atoms with Gasteiger partial charge in [0, 0.05) is 5.39 Å². The van der Waals surface area contributed by atoms with Gasteiger partial charge in [-0.15, -0.1) is 0 Å². The van der Waals surface area contributed by atoms with Crippen molar-refractivity contribution >= 4 is 20.9 Å². The molecular formula is C23H28F4O3S. The maximum absolute atomic E-state index is 14.6. The summed E-state index contributed by atoms with van der Waals surface area (Å²) in [5, 5.41) is 0.539. The Morgan fingerprint density at radius 2 is 1.71 bits per heavy atom. The molecule has 0 heterocycles. The summed E-state index contributed by atoms with van der Waals surface area (Å²) in [7, 11) is -5.92. The molecule has 1 saturated carbocycles. The van der Waals surface area contributed by atoms with Gasteiger partial charge in [-0.3, -0.25) is 0 Å². The molecule has 2 aromatic rings. The fourth-order valence-corrected chi connectivity index (χ4v) is 4.88. The first-order valence-corrected chi connectivity index (χ1v) is 12.3. The zero-order valence-corrected chi connectivity index (χ0v) is 18.4. The second-order valence-electron chi connectivity index (χ2n) is 8.41. The van der Waals surface area contributed by atoms with E-state index in [1.165, 1.54) is 57.1 Å². The number of alkyl halides is 3. The van der Waals surface area contributed by atoms with Gasteiger partial charge in [-0.25, -0.2) is 4.39 Å². The Kier molecular flexibility index (Phi) is 7.50. The molecule has 2 aromatic carbocycles. The van der Waals surface area contributed by atoms with E-state index in [1.807, 2.05) is 6.07 Å². The van der Waals surface area contributed by atoms with Gasteiger partial charge in [0.25, 0.3) is 0 Å². The molecule has 0 bridgehead atoms. The molecule has 1 aliphatic rings. The van der Waals surface area contributed by atoms with E-state index in [9.17, 15) is 26.0 Å². The normalized spacial score (nSPS) is 20.2. The highest BCUT2D eigenvalue weighted by molar-refractivity contribution is 7.88. The largest absolute Gasteiger partial charge is 0.534 e. The molecule has 172 valence electrons. The Hall–Kier alpha value is -1.83. The Labute approximate surface area is 180 Å². The third-order valence-electron chi connectivity index (χ3n) is 6.21. The molecule has 0 amide bonds. The number of rotatable bonds is 8. The molecule has 1 aliphatic carbocycles. The summed E-state index contributed by atoms with van der Waals surface area (Å²) < 4.78 is 78.5. The van der Waals surface area contributed by atoms with Crippen molar-refractivity contribution in [3.63, 3.8) is 0 Å². The lowest BCUT2D eigenvalue weighted by atomic mass is 9.77. The Bertz CT molecular complexity index is 994. The van der Waals surface area contributed by atoms with Crippen LogP contribution in [0.25, 0.3) is 10.8 Å². The van der Waals surface area contributed by atoms with E-state index in [1.54, 1.807) is 6.07 Å². The summed E-state index contributed by atoms with van der Waals surface area (Å²) in [5.41, 5.74) is -4.54. The smallest absolute Gasteiger partial charge is 0.373 e. The highest BCUT2D eigenvalue weighted by Crippen LogP contribution is 2.39. The first-order chi connectivity index (χ1) is 14.6. The topological polar surface area (TPSA) is 43.4 Å². The van der Waals surface area contributed by atoms with Crippen molar-refractivity contribution < 1.29 is 30.2 Å². The first-order valence-electron chi connectivity index (χ1n) is 10.8. The minimum Gasteiger partial charge on any atom is -0.373 e. The molecule has 0 unspecified atom stereocenters. The summed E-state index contributed by atoms with van der Waals surface area (Å²) >= 11 is 0. The van der Waals surface area contributed by atoms with Crippen LogP contribution in [-0.2, 0) is 10.1 Å². The lowest BCUT2D eigenvalue weighted by Gasteiger charge is -2.29. The van der Waals surface area contributed by atoms with Gasteiger partial charge in [0.1, 0.15) is 0 Å². The van der Waals surface area contributed by atoms with Gasteiger partial charge < -0.3 is 4.18 Å². The predicted octanol–water partition coefficient (Wildman–Crippen LogP) is 7.45. The molecule has 31 heavy (non-hydrogen) atoms. The van der Waals surface area contributed by atoms with Crippen molar-refractivity contribution in [1.82, 2.24) is 0 Å². The second kappa shape index (κ2) is 9.76. The van der Waals surface area contributed by atoms with Crippen LogP contribution in [0.5, 0.6) is 5.75 Å². The number of hydrogen-bond donors (Lipinski definition) is 0. The molecule has 3 rings (SSSR count). The lowest BCUT2D eigenvalue weighted by Crippen LogP contribution is -2.28. The standard InChI is InChI=1S/C23H28F4O3S/c1-2-3-4-5-6-16-7-9-17(10-8-16)18-11-13-20-19(15-18)12-14-21(22(20)24)30-31(28,29)23(25,26)27/h11-17H,2-10H2,1H3. The van der Waals surface area contributed by atoms with E-state index in [-0.39, 0.29) is 5.39 Å². The monoisotopic (exact) mass is 460 g/mol. The van der Waals surface area contributed by atoms with Gasteiger partial charge in [0.2, 0.25) is 0 Å². The summed E-state index contributed by atoms with van der Waals surface area (Å²) in [6.45, 7) is 2.21. The predicted molar refractivity (Wildman–Crippen MR) is 113 cm³/mol. The third-order valence-corrected chi connectivity index (χ3v) is 7.18. The molecular weight excluding hydrogens is 432 g/mol. The lowest BCUT2D eigenvalue weighted by molar-refractivity contribution is -0.0500. The van der Waals surface area contributed by atoms with E-state index in [2.05, 4.69) is 11.1 Å². The molecule has 3 nitrogen and oxygen atoms in total. The van der Waals surface area contributed by atoms with E-state index in [4.69, 9.17) is 0 Å². The van der Waals surface area contributed by atoms with Gasteiger partial charge in [-0.1, -0.05) is 63.3 Å². The fourth-order valence-electron chi connectivity index (χ4n) is 4.42. The SMILES string of the molecule is CCCCCCC1CCC(c2ccc3c(F)c(OS(=O)(=O)C(F)(F)F)ccc3c2)CC1. The van der Waals surface area contributed by atoms with Crippen LogP contribution in [0.2, 0.25) is 0 Å². The van der Waals surface area contributed by atoms with Gasteiger partial charge in [-0.05, 0) is 54.5 Å². The Morgan fingerprint density at radius 3 is 2.35 bits per heavy atom. The number of halogens is 4. The molecule has 0 spiro atoms. The summed E-state index contributed by atoms with van der Waals surface area (Å²) in [5.74, 6) is -0.934. The molecule has 0 aromatic heterocycles. The molecule has 1 fully saturated rings. The van der Waals surface area contributed by atoms with E-state index in [0.29, 0.717) is 11.3 Å². The van der Waals surface area contributed by atoms with Gasteiger partial charge in [0.05, 0.1) is 0 Å². The van der Waals surface area contributed by atoms with Crippen LogP contribution in [0.4, 0.5) is 17.6 Å². The molecule has 0 radical (unpaired) electrons. The fraction of sp³-hybridized carbons (Fsp3) is 0.565. The maximum Gasteiger partial charge on any atom is 0.534 e. The van der Waals surface area contributed by atoms with E-state index in [0.717, 1.165) is 30.4 Å². The van der Waals surface area contributed by atoms with Crippen LogP contribution in [0.1, 0.15) is 76.2 Å². The third kappa shape index (κ3) is 5.70. The average Bonchev–Trinajstić information content (AvgIpc) is 2.72. The van der Waals surface area contributed by atoms with Gasteiger partial charge >= 0.3 is 15.6 Å². The van der Waals surface area contributed by atoms with E-state index >= 15 is 0 Å². The minimum absolute atomic E-state index is 0.0308. The first kappa shape index (κ1) is 23.8. The Balaban J connectivity index is 1.69. The van der Waals surface area contributed by atoms with Gasteiger partial charge in [0.15, 0.2) is 11.6 Å². The highest BCUT2D eigenvalue weighted by atomic mass is 32.2. The molecule has 0 aliphatic heterocycles. The summed E-state index contributed by atoms with van der Waals surface area (Å²) in [4.78, 5) is 0. The molecule has 0 saturated heterocycles. The quantitative estimate of drug-likeness (QED) is 0.178. The van der Waals surface area contributed by atoms with Crippen LogP contribution in [0.15, 0.2) is 30.3 Å². The average molecular weight is 461 g/mol. The van der Waals surface area contributed by atoms with Crippen LogP contribution < -0.4 is 4.18 Å². The molecule has 0 N–H and O–H groups in total. The van der Waals surface area contributed by atoms with Crippen molar-refractivity contribution in [3.8, 4) is 5.75 Å². The second-order valence-corrected chi connectivity index (χ2v) is 9.95. The van der Waals surface area contributed by atoms with Crippen LogP contribution in [0.3, 0.4) is 0 Å². The molecule has 0 atom stereocenters. The zero-order chi connectivity index (χ0) is 22.6. The van der Waals surface area contributed by atoms with Crippen molar-refractivity contribution in [2.75, 3.05) is 0 Å². The van der Waals surface area contributed by atoms with Crippen molar-refractivity contribution in [1.29, 1.82) is 0 Å².